The van der Waals surface area contributed by atoms with Crippen molar-refractivity contribution in [1.82, 2.24) is 15.1 Å². The van der Waals surface area contributed by atoms with Crippen molar-refractivity contribution >= 4 is 22.4 Å². The summed E-state index contributed by atoms with van der Waals surface area (Å²) in [4.78, 5) is 15.6. The Morgan fingerprint density at radius 3 is 2.58 bits per heavy atom. The van der Waals surface area contributed by atoms with Gasteiger partial charge in [0, 0.05) is 32.2 Å². The smallest absolute Gasteiger partial charge is 0.445 e. The number of phenols is 1. The van der Waals surface area contributed by atoms with Gasteiger partial charge in [0.2, 0.25) is 10.1 Å². The Labute approximate surface area is 149 Å². The van der Waals surface area contributed by atoms with Gasteiger partial charge >= 0.3 is 6.18 Å². The van der Waals surface area contributed by atoms with Crippen molar-refractivity contribution < 1.29 is 27.5 Å². The lowest BCUT2D eigenvalue weighted by Gasteiger charge is -2.21. The van der Waals surface area contributed by atoms with E-state index < -0.39 is 28.7 Å². The predicted octanol–water partition coefficient (Wildman–Crippen LogP) is 2.75. The molecule has 140 valence electrons. The molecule has 1 saturated heterocycles. The Balaban J connectivity index is 1.70. The number of aromatic hydroxyl groups is 1. The molecule has 1 aromatic carbocycles. The van der Waals surface area contributed by atoms with Crippen LogP contribution in [0.3, 0.4) is 0 Å². The minimum absolute atomic E-state index is 0.0184. The normalized spacial score (nSPS) is 15.8. The number of carbonyl (C=O) groups is 1. The monoisotopic (exact) mass is 390 g/mol. The van der Waals surface area contributed by atoms with Gasteiger partial charge in [-0.3, -0.25) is 4.79 Å². The van der Waals surface area contributed by atoms with Crippen molar-refractivity contribution in [2.24, 2.45) is 0 Å². The van der Waals surface area contributed by atoms with Crippen molar-refractivity contribution in [1.29, 1.82) is 0 Å². The summed E-state index contributed by atoms with van der Waals surface area (Å²) in [5, 5.41) is 15.6. The fraction of sp³-hybridized carbons (Fsp3) is 0.400. The van der Waals surface area contributed by atoms with Gasteiger partial charge in [0.1, 0.15) is 11.6 Å². The number of rotatable bonds is 2. The van der Waals surface area contributed by atoms with Crippen LogP contribution in [0.15, 0.2) is 18.2 Å². The van der Waals surface area contributed by atoms with Crippen LogP contribution in [0.5, 0.6) is 5.75 Å². The van der Waals surface area contributed by atoms with E-state index in [9.17, 15) is 27.5 Å². The number of hydrogen-bond acceptors (Lipinski definition) is 6. The second-order valence-electron chi connectivity index (χ2n) is 5.68. The molecule has 0 spiro atoms. The van der Waals surface area contributed by atoms with Crippen LogP contribution >= 0.6 is 11.3 Å². The number of carbonyl (C=O) groups excluding carboxylic acids is 1. The first-order valence-corrected chi connectivity index (χ1v) is 8.51. The summed E-state index contributed by atoms with van der Waals surface area (Å²) >= 11 is 0.459. The molecule has 0 radical (unpaired) electrons. The molecule has 26 heavy (non-hydrogen) atoms. The van der Waals surface area contributed by atoms with Crippen LogP contribution in [0, 0.1) is 5.82 Å². The van der Waals surface area contributed by atoms with Gasteiger partial charge in [-0.25, -0.2) is 4.39 Å². The summed E-state index contributed by atoms with van der Waals surface area (Å²) in [6.45, 7) is 1.29. The standard InChI is InChI=1S/C15H14F4N4O2S/c16-9-2-3-10(11(24)8-9)12(25)22-4-1-5-23(7-6-22)14-21-20-13(26-14)15(17,18)19/h2-3,8,24H,1,4-7H2. The summed E-state index contributed by atoms with van der Waals surface area (Å²) in [5.41, 5.74) is -0.0184. The third-order valence-corrected chi connectivity index (χ3v) is 4.93. The van der Waals surface area contributed by atoms with E-state index in [-0.39, 0.29) is 23.8 Å². The molecule has 1 amide bonds. The number of nitrogens with zero attached hydrogens (tertiary/aromatic N) is 4. The average molecular weight is 390 g/mol. The number of halogens is 4. The maximum atomic E-state index is 13.1. The molecule has 0 atom stereocenters. The quantitative estimate of drug-likeness (QED) is 0.799. The molecule has 3 rings (SSSR count). The highest BCUT2D eigenvalue weighted by molar-refractivity contribution is 7.15. The molecule has 0 bridgehead atoms. The predicted molar refractivity (Wildman–Crippen MR) is 85.7 cm³/mol. The van der Waals surface area contributed by atoms with E-state index in [4.69, 9.17) is 0 Å². The lowest BCUT2D eigenvalue weighted by atomic mass is 10.1. The Bertz CT molecular complexity index is 811. The SMILES string of the molecule is O=C(c1ccc(F)cc1O)N1CCCN(c2nnc(C(F)(F)F)s2)CC1. The van der Waals surface area contributed by atoms with E-state index in [1.807, 2.05) is 0 Å². The van der Waals surface area contributed by atoms with Crippen LogP contribution in [0.25, 0.3) is 0 Å². The first-order chi connectivity index (χ1) is 12.3. The van der Waals surface area contributed by atoms with Crippen molar-refractivity contribution in [2.45, 2.75) is 12.6 Å². The Morgan fingerprint density at radius 1 is 1.15 bits per heavy atom. The van der Waals surface area contributed by atoms with Crippen LogP contribution in [0.4, 0.5) is 22.7 Å². The third-order valence-electron chi connectivity index (χ3n) is 3.90. The number of alkyl halides is 3. The van der Waals surface area contributed by atoms with Crippen molar-refractivity contribution in [3.05, 3.63) is 34.6 Å². The summed E-state index contributed by atoms with van der Waals surface area (Å²) in [5.74, 6) is -1.56. The van der Waals surface area contributed by atoms with E-state index in [0.717, 1.165) is 12.1 Å². The van der Waals surface area contributed by atoms with E-state index >= 15 is 0 Å². The summed E-state index contributed by atoms with van der Waals surface area (Å²) in [6, 6.07) is 3.14. The van der Waals surface area contributed by atoms with E-state index in [2.05, 4.69) is 10.2 Å². The number of phenolic OH excluding ortho intramolecular Hbond substituents is 1. The first-order valence-electron chi connectivity index (χ1n) is 7.69. The summed E-state index contributed by atoms with van der Waals surface area (Å²) in [6.07, 6.45) is -4.03. The summed E-state index contributed by atoms with van der Waals surface area (Å²) < 4.78 is 51.0. The molecule has 2 aromatic rings. The van der Waals surface area contributed by atoms with Gasteiger partial charge in [-0.05, 0) is 18.6 Å². The number of benzene rings is 1. The molecule has 1 aliphatic heterocycles. The van der Waals surface area contributed by atoms with Crippen molar-refractivity contribution in [2.75, 3.05) is 31.1 Å². The van der Waals surface area contributed by atoms with Gasteiger partial charge < -0.3 is 14.9 Å². The largest absolute Gasteiger partial charge is 0.507 e. The third kappa shape index (κ3) is 3.87. The van der Waals surface area contributed by atoms with E-state index in [1.165, 1.54) is 11.0 Å². The van der Waals surface area contributed by atoms with Gasteiger partial charge in [0.15, 0.2) is 0 Å². The minimum atomic E-state index is -4.54. The van der Waals surface area contributed by atoms with Gasteiger partial charge in [-0.1, -0.05) is 11.3 Å². The number of amides is 1. The molecule has 2 heterocycles. The maximum absolute atomic E-state index is 13.1. The maximum Gasteiger partial charge on any atom is 0.445 e. The fourth-order valence-corrected chi connectivity index (χ4v) is 3.39. The van der Waals surface area contributed by atoms with Crippen molar-refractivity contribution in [3.63, 3.8) is 0 Å². The van der Waals surface area contributed by atoms with Crippen molar-refractivity contribution in [3.8, 4) is 5.75 Å². The van der Waals surface area contributed by atoms with Crippen LogP contribution < -0.4 is 4.90 Å². The zero-order chi connectivity index (χ0) is 18.9. The molecule has 1 aromatic heterocycles. The van der Waals surface area contributed by atoms with Gasteiger partial charge in [-0.15, -0.1) is 10.2 Å². The fourth-order valence-electron chi connectivity index (χ4n) is 2.63. The van der Waals surface area contributed by atoms with E-state index in [1.54, 1.807) is 4.90 Å². The number of aromatic nitrogens is 2. The van der Waals surface area contributed by atoms with Crippen LogP contribution in [-0.2, 0) is 6.18 Å². The molecule has 11 heteroatoms. The molecule has 1 N–H and O–H groups in total. The van der Waals surface area contributed by atoms with Gasteiger partial charge in [0.25, 0.3) is 5.91 Å². The van der Waals surface area contributed by atoms with Gasteiger partial charge in [-0.2, -0.15) is 13.2 Å². The highest BCUT2D eigenvalue weighted by Crippen LogP contribution is 2.34. The van der Waals surface area contributed by atoms with Crippen LogP contribution in [-0.4, -0.2) is 52.3 Å². The molecule has 1 fully saturated rings. The lowest BCUT2D eigenvalue weighted by Crippen LogP contribution is -2.35. The molecular weight excluding hydrogens is 376 g/mol. The molecular formula is C15H14F4N4O2S. The molecule has 0 aliphatic carbocycles. The second-order valence-corrected chi connectivity index (χ2v) is 6.64. The zero-order valence-corrected chi connectivity index (χ0v) is 14.1. The Kier molecular flexibility index (Phi) is 4.99. The minimum Gasteiger partial charge on any atom is -0.507 e. The topological polar surface area (TPSA) is 69.6 Å². The van der Waals surface area contributed by atoms with Crippen LogP contribution in [0.1, 0.15) is 21.8 Å². The molecule has 0 saturated carbocycles. The number of anilines is 1. The van der Waals surface area contributed by atoms with Crippen LogP contribution in [0.2, 0.25) is 0 Å². The molecule has 1 aliphatic rings. The average Bonchev–Trinajstić information content (AvgIpc) is 2.94. The number of hydrogen-bond donors (Lipinski definition) is 1. The lowest BCUT2D eigenvalue weighted by molar-refractivity contribution is -0.138. The van der Waals surface area contributed by atoms with E-state index in [0.29, 0.717) is 30.8 Å². The highest BCUT2D eigenvalue weighted by Gasteiger charge is 2.36. The summed E-state index contributed by atoms with van der Waals surface area (Å²) in [7, 11) is 0. The first kappa shape index (κ1) is 18.4. The second kappa shape index (κ2) is 7.06. The zero-order valence-electron chi connectivity index (χ0n) is 13.3. The molecule has 0 unspecified atom stereocenters. The Hall–Kier alpha value is -2.43. The van der Waals surface area contributed by atoms with Gasteiger partial charge in [0.05, 0.1) is 5.56 Å². The highest BCUT2D eigenvalue weighted by atomic mass is 32.1. The molecule has 6 nitrogen and oxygen atoms in total. The Morgan fingerprint density at radius 2 is 1.92 bits per heavy atom.